The van der Waals surface area contributed by atoms with Crippen LogP contribution in [0.3, 0.4) is 0 Å². The predicted octanol–water partition coefficient (Wildman–Crippen LogP) is 2.49. The van der Waals surface area contributed by atoms with E-state index in [-0.39, 0.29) is 12.5 Å². The van der Waals surface area contributed by atoms with Crippen molar-refractivity contribution in [2.45, 2.75) is 31.7 Å². The smallest absolute Gasteiger partial charge is 0.264 e. The molecule has 4 rings (SSSR count). The van der Waals surface area contributed by atoms with E-state index in [2.05, 4.69) is 41.2 Å². The molecule has 1 aromatic carbocycles. The third-order valence-corrected chi connectivity index (χ3v) is 6.15. The molecule has 2 aliphatic rings. The van der Waals surface area contributed by atoms with Gasteiger partial charge in [-0.25, -0.2) is 0 Å². The molecule has 1 aliphatic carbocycles. The summed E-state index contributed by atoms with van der Waals surface area (Å²) in [4.78, 5) is 5.90. The maximum absolute atomic E-state index is 11.4. The lowest BCUT2D eigenvalue weighted by Gasteiger charge is -2.46. The first-order valence-corrected chi connectivity index (χ1v) is 10.4. The van der Waals surface area contributed by atoms with Gasteiger partial charge in [0.15, 0.2) is 0 Å². The second kappa shape index (κ2) is 5.86. The van der Waals surface area contributed by atoms with Crippen molar-refractivity contribution in [3.8, 4) is 0 Å². The molecule has 1 N–H and O–H groups in total. The van der Waals surface area contributed by atoms with Gasteiger partial charge < -0.3 is 4.98 Å². The molecule has 2 aromatic rings. The molecule has 0 saturated carbocycles. The number of piperidine rings is 1. The molecule has 0 bridgehead atoms. The number of nitrogens with one attached hydrogen (secondary N) is 1. The van der Waals surface area contributed by atoms with E-state index < -0.39 is 10.1 Å². The number of hydrogen-bond donors (Lipinski definition) is 1. The number of aromatic nitrogens is 1. The Kier molecular flexibility index (Phi) is 3.94. The van der Waals surface area contributed by atoms with E-state index in [0.29, 0.717) is 12.0 Å². The molecule has 0 amide bonds. The fourth-order valence-electron chi connectivity index (χ4n) is 4.60. The Morgan fingerprint density at radius 2 is 2.21 bits per heavy atom. The summed E-state index contributed by atoms with van der Waals surface area (Å²) in [6, 6.07) is 6.99. The van der Waals surface area contributed by atoms with Gasteiger partial charge in [0.2, 0.25) is 0 Å². The zero-order valence-corrected chi connectivity index (χ0v) is 15.0. The van der Waals surface area contributed by atoms with Crippen molar-refractivity contribution in [3.63, 3.8) is 0 Å². The van der Waals surface area contributed by atoms with E-state index in [9.17, 15) is 8.42 Å². The standard InChI is InChI=1S/C18H24N2O3S/c1-3-20-10-12(11-23-24(2,21)22)7-15-14-5-4-6-16-18(14)13(9-19-16)8-17(15)20/h4-6,9,12,15,17,19H,3,7-8,10-11H2,1-2H3/t12?,15-,17-/m0/s1. The number of fused-ring (bicyclic) bond motifs is 2. The molecule has 3 atom stereocenters. The fraction of sp³-hybridized carbons (Fsp3) is 0.556. The van der Waals surface area contributed by atoms with E-state index in [1.54, 1.807) is 0 Å². The normalized spacial score (nSPS) is 27.3. The molecule has 1 unspecified atom stereocenters. The summed E-state index contributed by atoms with van der Waals surface area (Å²) in [6.45, 7) is 4.35. The molecule has 0 spiro atoms. The topological polar surface area (TPSA) is 62.4 Å². The highest BCUT2D eigenvalue weighted by Gasteiger charge is 2.40. The lowest BCUT2D eigenvalue weighted by molar-refractivity contribution is 0.0684. The minimum absolute atomic E-state index is 0.247. The first kappa shape index (κ1) is 16.1. The number of benzene rings is 1. The van der Waals surface area contributed by atoms with Crippen molar-refractivity contribution in [1.29, 1.82) is 0 Å². The van der Waals surface area contributed by atoms with Gasteiger partial charge in [-0.05, 0) is 42.5 Å². The van der Waals surface area contributed by atoms with Gasteiger partial charge in [0, 0.05) is 35.6 Å². The molecule has 0 radical (unpaired) electrons. The van der Waals surface area contributed by atoms with Crippen molar-refractivity contribution in [2.75, 3.05) is 26.0 Å². The van der Waals surface area contributed by atoms with Crippen molar-refractivity contribution >= 4 is 21.0 Å². The van der Waals surface area contributed by atoms with Gasteiger partial charge in [-0.3, -0.25) is 9.08 Å². The number of likely N-dealkylation sites (tertiary alicyclic amines) is 1. The van der Waals surface area contributed by atoms with Gasteiger partial charge in [0.1, 0.15) is 0 Å². The van der Waals surface area contributed by atoms with E-state index in [4.69, 9.17) is 4.18 Å². The van der Waals surface area contributed by atoms with Gasteiger partial charge >= 0.3 is 0 Å². The fourth-order valence-corrected chi connectivity index (χ4v) is 5.04. The molecule has 2 heterocycles. The molecule has 1 aliphatic heterocycles. The van der Waals surface area contributed by atoms with Crippen LogP contribution < -0.4 is 0 Å². The highest BCUT2D eigenvalue weighted by molar-refractivity contribution is 7.85. The minimum Gasteiger partial charge on any atom is -0.361 e. The quantitative estimate of drug-likeness (QED) is 0.863. The summed E-state index contributed by atoms with van der Waals surface area (Å²) < 4.78 is 27.8. The van der Waals surface area contributed by atoms with Gasteiger partial charge in [-0.1, -0.05) is 19.1 Å². The molecular weight excluding hydrogens is 324 g/mol. The lowest BCUT2D eigenvalue weighted by atomic mass is 9.72. The summed E-state index contributed by atoms with van der Waals surface area (Å²) in [5, 5.41) is 1.37. The average molecular weight is 348 g/mol. The summed E-state index contributed by atoms with van der Waals surface area (Å²) >= 11 is 0. The number of nitrogens with zero attached hydrogens (tertiary/aromatic N) is 1. The molecular formula is C18H24N2O3S. The monoisotopic (exact) mass is 348 g/mol. The molecule has 1 saturated heterocycles. The van der Waals surface area contributed by atoms with E-state index >= 15 is 0 Å². The van der Waals surface area contributed by atoms with Crippen LogP contribution >= 0.6 is 0 Å². The summed E-state index contributed by atoms with van der Waals surface area (Å²) in [5.41, 5.74) is 4.02. The summed E-state index contributed by atoms with van der Waals surface area (Å²) in [7, 11) is -3.38. The molecule has 1 aromatic heterocycles. The van der Waals surface area contributed by atoms with Crippen molar-refractivity contribution < 1.29 is 12.6 Å². The Bertz CT molecular complexity index is 858. The maximum Gasteiger partial charge on any atom is 0.264 e. The highest BCUT2D eigenvalue weighted by atomic mass is 32.2. The minimum atomic E-state index is -3.38. The van der Waals surface area contributed by atoms with Crippen LogP contribution in [0.25, 0.3) is 10.9 Å². The summed E-state index contributed by atoms with van der Waals surface area (Å²) in [6.07, 6.45) is 5.33. The van der Waals surface area contributed by atoms with Crippen LogP contribution in [-0.2, 0) is 20.7 Å². The van der Waals surface area contributed by atoms with Crippen LogP contribution in [-0.4, -0.2) is 50.3 Å². The zero-order chi connectivity index (χ0) is 16.9. The molecule has 24 heavy (non-hydrogen) atoms. The third kappa shape index (κ3) is 2.76. The van der Waals surface area contributed by atoms with Gasteiger partial charge in [0.25, 0.3) is 10.1 Å². The maximum atomic E-state index is 11.4. The van der Waals surface area contributed by atoms with E-state index in [0.717, 1.165) is 32.2 Å². The SMILES string of the molecule is CCN1CC(COS(C)(=O)=O)C[C@H]2c3cccc4[nH]cc(c34)C[C@@H]21. The first-order chi connectivity index (χ1) is 11.5. The number of hydrogen-bond acceptors (Lipinski definition) is 4. The van der Waals surface area contributed by atoms with Crippen LogP contribution in [0.1, 0.15) is 30.4 Å². The highest BCUT2D eigenvalue weighted by Crippen LogP contribution is 2.44. The van der Waals surface area contributed by atoms with Crippen LogP contribution in [0.15, 0.2) is 24.4 Å². The number of likely N-dealkylation sites (N-methyl/N-ethyl adjacent to an activating group) is 1. The Hall–Kier alpha value is -1.37. The lowest BCUT2D eigenvalue weighted by Crippen LogP contribution is -2.50. The van der Waals surface area contributed by atoms with Crippen LogP contribution in [0.2, 0.25) is 0 Å². The molecule has 1 fully saturated rings. The van der Waals surface area contributed by atoms with E-state index in [1.165, 1.54) is 22.0 Å². The second-order valence-corrected chi connectivity index (χ2v) is 8.78. The van der Waals surface area contributed by atoms with Crippen LogP contribution in [0.4, 0.5) is 0 Å². The Morgan fingerprint density at radius 3 is 2.96 bits per heavy atom. The van der Waals surface area contributed by atoms with Crippen LogP contribution in [0.5, 0.6) is 0 Å². The predicted molar refractivity (Wildman–Crippen MR) is 94.7 cm³/mol. The van der Waals surface area contributed by atoms with Gasteiger partial charge in [-0.2, -0.15) is 8.42 Å². The van der Waals surface area contributed by atoms with Crippen LogP contribution in [0, 0.1) is 5.92 Å². The van der Waals surface area contributed by atoms with E-state index in [1.807, 2.05) is 0 Å². The Balaban J connectivity index is 1.67. The van der Waals surface area contributed by atoms with Crippen molar-refractivity contribution in [2.24, 2.45) is 5.92 Å². The average Bonchev–Trinajstić information content (AvgIpc) is 2.97. The Labute approximate surface area is 143 Å². The number of aromatic amines is 1. The second-order valence-electron chi connectivity index (χ2n) is 7.14. The van der Waals surface area contributed by atoms with Gasteiger partial charge in [0.05, 0.1) is 12.9 Å². The third-order valence-electron chi connectivity index (χ3n) is 5.59. The number of rotatable bonds is 4. The van der Waals surface area contributed by atoms with Gasteiger partial charge in [-0.15, -0.1) is 0 Å². The molecule has 5 nitrogen and oxygen atoms in total. The largest absolute Gasteiger partial charge is 0.361 e. The molecule has 6 heteroatoms. The first-order valence-electron chi connectivity index (χ1n) is 8.63. The molecule has 130 valence electrons. The Morgan fingerprint density at radius 1 is 1.38 bits per heavy atom. The summed E-state index contributed by atoms with van der Waals surface area (Å²) in [5.74, 6) is 0.690. The van der Waals surface area contributed by atoms with Crippen molar-refractivity contribution in [3.05, 3.63) is 35.5 Å². The zero-order valence-electron chi connectivity index (χ0n) is 14.2. The number of H-pyrrole nitrogens is 1. The van der Waals surface area contributed by atoms with Crippen molar-refractivity contribution in [1.82, 2.24) is 9.88 Å².